The van der Waals surface area contributed by atoms with E-state index < -0.39 is 29.6 Å². The molecule has 3 N–H and O–H groups in total. The summed E-state index contributed by atoms with van der Waals surface area (Å²) in [6, 6.07) is 8.20. The van der Waals surface area contributed by atoms with Gasteiger partial charge in [0.2, 0.25) is 5.91 Å². The summed E-state index contributed by atoms with van der Waals surface area (Å²) < 4.78 is 5.17. The Hall–Kier alpha value is -2.57. The van der Waals surface area contributed by atoms with E-state index in [0.29, 0.717) is 12.8 Å². The first-order valence-corrected chi connectivity index (χ1v) is 7.95. The van der Waals surface area contributed by atoms with Gasteiger partial charge in [0.25, 0.3) is 0 Å². The van der Waals surface area contributed by atoms with Crippen LogP contribution in [0.2, 0.25) is 0 Å². The summed E-state index contributed by atoms with van der Waals surface area (Å²) in [5.41, 5.74) is -0.255. The Morgan fingerprint density at radius 3 is 2.42 bits per heavy atom. The summed E-state index contributed by atoms with van der Waals surface area (Å²) in [6.45, 7) is 1.49. The number of hydrogen-bond donors (Lipinski definition) is 3. The van der Waals surface area contributed by atoms with E-state index in [1.807, 2.05) is 30.3 Å². The van der Waals surface area contributed by atoms with Gasteiger partial charge >= 0.3 is 12.1 Å². The van der Waals surface area contributed by atoms with Gasteiger partial charge in [0, 0.05) is 0 Å². The second-order valence-corrected chi connectivity index (χ2v) is 6.01. The maximum absolute atomic E-state index is 12.4. The highest BCUT2D eigenvalue weighted by atomic mass is 16.5. The van der Waals surface area contributed by atoms with Crippen LogP contribution in [-0.4, -0.2) is 34.7 Å². The lowest BCUT2D eigenvalue weighted by molar-refractivity contribution is -0.142. The van der Waals surface area contributed by atoms with E-state index >= 15 is 0 Å². The Kier molecular flexibility index (Phi) is 5.78. The van der Waals surface area contributed by atoms with Crippen molar-refractivity contribution in [3.05, 3.63) is 35.9 Å². The van der Waals surface area contributed by atoms with Crippen molar-refractivity contribution >= 4 is 18.0 Å². The van der Waals surface area contributed by atoms with Crippen molar-refractivity contribution in [3.8, 4) is 0 Å². The monoisotopic (exact) mass is 334 g/mol. The molecular weight excluding hydrogens is 312 g/mol. The number of ether oxygens (including phenoxy) is 1. The highest BCUT2D eigenvalue weighted by Crippen LogP contribution is 2.30. The molecular formula is C17H22N2O5. The number of benzene rings is 1. The molecule has 7 heteroatoms. The fraction of sp³-hybridized carbons (Fsp3) is 0.471. The van der Waals surface area contributed by atoms with Gasteiger partial charge in [-0.15, -0.1) is 0 Å². The molecule has 2 rings (SSSR count). The van der Waals surface area contributed by atoms with Gasteiger partial charge in [-0.05, 0) is 25.3 Å². The zero-order valence-corrected chi connectivity index (χ0v) is 13.6. The van der Waals surface area contributed by atoms with Gasteiger partial charge in [-0.1, -0.05) is 43.2 Å². The lowest BCUT2D eigenvalue weighted by Crippen LogP contribution is -2.59. The summed E-state index contributed by atoms with van der Waals surface area (Å²) in [5.74, 6) is -1.60. The fourth-order valence-electron chi connectivity index (χ4n) is 2.74. The van der Waals surface area contributed by atoms with Crippen LogP contribution < -0.4 is 10.6 Å². The number of aliphatic carboxylic acids is 1. The molecule has 1 unspecified atom stereocenters. The summed E-state index contributed by atoms with van der Waals surface area (Å²) in [4.78, 5) is 35.4. The summed E-state index contributed by atoms with van der Waals surface area (Å²) in [7, 11) is 0. The lowest BCUT2D eigenvalue weighted by atomic mass is 9.96. The average molecular weight is 334 g/mol. The molecule has 1 saturated carbocycles. The maximum Gasteiger partial charge on any atom is 0.408 e. The number of amides is 2. The van der Waals surface area contributed by atoms with Crippen LogP contribution in [0.1, 0.15) is 38.2 Å². The van der Waals surface area contributed by atoms with Crippen molar-refractivity contribution in [2.45, 2.75) is 50.8 Å². The van der Waals surface area contributed by atoms with E-state index in [1.54, 1.807) is 0 Å². The predicted molar refractivity (Wildman–Crippen MR) is 86.2 cm³/mol. The predicted octanol–water partition coefficient (Wildman–Crippen LogP) is 1.81. The van der Waals surface area contributed by atoms with Gasteiger partial charge in [0.05, 0.1) is 0 Å². The molecule has 0 aromatic heterocycles. The van der Waals surface area contributed by atoms with E-state index in [9.17, 15) is 14.4 Å². The van der Waals surface area contributed by atoms with E-state index in [2.05, 4.69) is 10.6 Å². The third-order valence-electron chi connectivity index (χ3n) is 4.16. The first-order chi connectivity index (χ1) is 11.4. The van der Waals surface area contributed by atoms with Gasteiger partial charge in [0.15, 0.2) is 0 Å². The van der Waals surface area contributed by atoms with Crippen molar-refractivity contribution in [2.75, 3.05) is 0 Å². The van der Waals surface area contributed by atoms with Gasteiger partial charge < -0.3 is 20.5 Å². The molecule has 7 nitrogen and oxygen atoms in total. The first kappa shape index (κ1) is 17.8. The normalized spacial score (nSPS) is 16.9. The molecule has 1 aliphatic rings. The molecule has 1 atom stereocenters. The number of carbonyl (C=O) groups is 3. The second-order valence-electron chi connectivity index (χ2n) is 6.01. The number of alkyl carbamates (subject to hydrolysis) is 1. The fourth-order valence-corrected chi connectivity index (χ4v) is 2.74. The maximum atomic E-state index is 12.4. The molecule has 1 fully saturated rings. The number of carboxylic acids is 1. The Morgan fingerprint density at radius 1 is 1.21 bits per heavy atom. The molecule has 0 saturated heterocycles. The minimum absolute atomic E-state index is 0.107. The lowest BCUT2D eigenvalue weighted by Gasteiger charge is -2.29. The van der Waals surface area contributed by atoms with Crippen LogP contribution in [0.5, 0.6) is 0 Å². The zero-order valence-electron chi connectivity index (χ0n) is 13.6. The van der Waals surface area contributed by atoms with Crippen molar-refractivity contribution in [2.24, 2.45) is 0 Å². The van der Waals surface area contributed by atoms with Gasteiger partial charge in [-0.25, -0.2) is 4.79 Å². The molecule has 24 heavy (non-hydrogen) atoms. The molecule has 0 heterocycles. The number of hydrogen-bond acceptors (Lipinski definition) is 4. The smallest absolute Gasteiger partial charge is 0.408 e. The summed E-state index contributed by atoms with van der Waals surface area (Å²) in [6.07, 6.45) is 1.82. The van der Waals surface area contributed by atoms with Gasteiger partial charge in [0.1, 0.15) is 18.2 Å². The van der Waals surface area contributed by atoms with Crippen molar-refractivity contribution in [1.82, 2.24) is 10.6 Å². The molecule has 1 aliphatic carbocycles. The average Bonchev–Trinajstić information content (AvgIpc) is 3.03. The Labute approximate surface area is 140 Å². The molecule has 0 aliphatic heterocycles. The van der Waals surface area contributed by atoms with Gasteiger partial charge in [-0.3, -0.25) is 9.59 Å². The topological polar surface area (TPSA) is 105 Å². The SMILES string of the molecule is CC(NC(=O)C1(NC(=O)OCc2ccccc2)CCCC1)C(=O)O. The molecule has 0 radical (unpaired) electrons. The van der Waals surface area contributed by atoms with Crippen molar-refractivity contribution in [3.63, 3.8) is 0 Å². The Morgan fingerprint density at radius 2 is 1.83 bits per heavy atom. The highest BCUT2D eigenvalue weighted by Gasteiger charge is 2.43. The number of carbonyl (C=O) groups excluding carboxylic acids is 2. The van der Waals surface area contributed by atoms with Crippen LogP contribution in [0.15, 0.2) is 30.3 Å². The zero-order chi connectivity index (χ0) is 17.6. The molecule has 2 amide bonds. The molecule has 0 bridgehead atoms. The van der Waals surface area contributed by atoms with Crippen molar-refractivity contribution in [1.29, 1.82) is 0 Å². The Bertz CT molecular complexity index is 596. The van der Waals surface area contributed by atoms with E-state index in [4.69, 9.17) is 9.84 Å². The van der Waals surface area contributed by atoms with Crippen LogP contribution in [0.25, 0.3) is 0 Å². The number of nitrogens with one attached hydrogen (secondary N) is 2. The van der Waals surface area contributed by atoms with Gasteiger partial charge in [-0.2, -0.15) is 0 Å². The molecule has 130 valence electrons. The van der Waals surface area contributed by atoms with Crippen LogP contribution in [0.4, 0.5) is 4.79 Å². The quantitative estimate of drug-likeness (QED) is 0.736. The van der Waals surface area contributed by atoms with E-state index in [1.165, 1.54) is 6.92 Å². The second kappa shape index (κ2) is 7.81. The highest BCUT2D eigenvalue weighted by molar-refractivity contribution is 5.92. The summed E-state index contributed by atoms with van der Waals surface area (Å²) in [5, 5.41) is 14.0. The van der Waals surface area contributed by atoms with Crippen LogP contribution in [0, 0.1) is 0 Å². The Balaban J connectivity index is 1.95. The number of rotatable bonds is 6. The van der Waals surface area contributed by atoms with Crippen molar-refractivity contribution < 1.29 is 24.2 Å². The minimum atomic E-state index is -1.12. The van der Waals surface area contributed by atoms with E-state index in [-0.39, 0.29) is 6.61 Å². The first-order valence-electron chi connectivity index (χ1n) is 7.95. The largest absolute Gasteiger partial charge is 0.480 e. The minimum Gasteiger partial charge on any atom is -0.480 e. The van der Waals surface area contributed by atoms with Crippen LogP contribution in [-0.2, 0) is 20.9 Å². The standard InChI is InChI=1S/C17H22N2O5/c1-12(14(20)21)18-15(22)17(9-5-6-10-17)19-16(23)24-11-13-7-3-2-4-8-13/h2-4,7-8,12H,5-6,9-11H2,1H3,(H,18,22)(H,19,23)(H,20,21). The van der Waals surface area contributed by atoms with Crippen LogP contribution >= 0.6 is 0 Å². The molecule has 1 aromatic carbocycles. The molecule has 1 aromatic rings. The molecule has 0 spiro atoms. The van der Waals surface area contributed by atoms with Crippen LogP contribution in [0.3, 0.4) is 0 Å². The van der Waals surface area contributed by atoms with E-state index in [0.717, 1.165) is 18.4 Å². The third-order valence-corrected chi connectivity index (χ3v) is 4.16. The number of carboxylic acid groups (broad SMARTS) is 1. The summed E-state index contributed by atoms with van der Waals surface area (Å²) >= 11 is 0. The third kappa shape index (κ3) is 4.47.